The third kappa shape index (κ3) is 3.76. The zero-order valence-electron chi connectivity index (χ0n) is 17.3. The van der Waals surface area contributed by atoms with Crippen molar-refractivity contribution in [2.24, 2.45) is 0 Å². The lowest BCUT2D eigenvalue weighted by molar-refractivity contribution is -0.856. The summed E-state index contributed by atoms with van der Waals surface area (Å²) in [4.78, 5) is 21.7. The van der Waals surface area contributed by atoms with E-state index in [-0.39, 0.29) is 5.91 Å². The molecule has 148 valence electrons. The maximum Gasteiger partial charge on any atom is 0.260 e. The minimum absolute atomic E-state index is 0.0106. The molecule has 1 heterocycles. The van der Waals surface area contributed by atoms with E-state index in [1.54, 1.807) is 11.3 Å². The van der Waals surface area contributed by atoms with Crippen molar-refractivity contribution in [3.63, 3.8) is 0 Å². The molecule has 0 fully saturated rings. The summed E-state index contributed by atoms with van der Waals surface area (Å²) in [5.74, 6) is 0.0106. The van der Waals surface area contributed by atoms with Crippen LogP contribution in [0.2, 0.25) is 0 Å². The van der Waals surface area contributed by atoms with Crippen LogP contribution in [0.4, 0.5) is 5.13 Å². The van der Waals surface area contributed by atoms with E-state index in [0.29, 0.717) is 6.54 Å². The summed E-state index contributed by atoms with van der Waals surface area (Å²) in [6.45, 7) is 5.68. The lowest BCUT2D eigenvalue weighted by Gasteiger charge is -2.21. The number of quaternary nitrogens is 1. The van der Waals surface area contributed by atoms with Gasteiger partial charge in [-0.2, -0.15) is 0 Å². The van der Waals surface area contributed by atoms with Gasteiger partial charge in [-0.25, -0.2) is 4.98 Å². The first-order chi connectivity index (χ1) is 14.0. The predicted octanol–water partition coefficient (Wildman–Crippen LogP) is 3.86. The van der Waals surface area contributed by atoms with Gasteiger partial charge in [0.15, 0.2) is 5.13 Å². The molecule has 4 aromatic rings. The van der Waals surface area contributed by atoms with Gasteiger partial charge in [-0.3, -0.25) is 9.69 Å². The Hall–Kier alpha value is -2.76. The highest BCUT2D eigenvalue weighted by molar-refractivity contribution is 7.22. The molecule has 1 amide bonds. The van der Waals surface area contributed by atoms with Gasteiger partial charge in [0, 0.05) is 5.56 Å². The van der Waals surface area contributed by atoms with E-state index in [2.05, 4.69) is 40.1 Å². The summed E-state index contributed by atoms with van der Waals surface area (Å²) in [6.07, 6.45) is 0. The van der Waals surface area contributed by atoms with Crippen LogP contribution in [0, 0.1) is 13.8 Å². The second kappa shape index (κ2) is 7.93. The van der Waals surface area contributed by atoms with E-state index in [1.807, 2.05) is 47.4 Å². The molecule has 0 spiro atoms. The number of rotatable bonds is 5. The highest BCUT2D eigenvalue weighted by Crippen LogP contribution is 2.33. The molecule has 0 radical (unpaired) electrons. The first kappa shape index (κ1) is 19.6. The Labute approximate surface area is 175 Å². The number of benzene rings is 3. The highest BCUT2D eigenvalue weighted by Gasteiger charge is 2.24. The molecule has 4 nitrogen and oxygen atoms in total. The maximum atomic E-state index is 13.7. The van der Waals surface area contributed by atoms with Crippen LogP contribution in [0.15, 0.2) is 54.6 Å². The molecule has 4 rings (SSSR count). The minimum atomic E-state index is 0.0106. The fourth-order valence-corrected chi connectivity index (χ4v) is 4.56. The van der Waals surface area contributed by atoms with Crippen molar-refractivity contribution in [1.82, 2.24) is 4.98 Å². The van der Waals surface area contributed by atoms with Gasteiger partial charge < -0.3 is 4.90 Å². The first-order valence-electron chi connectivity index (χ1n) is 9.91. The molecule has 1 aromatic heterocycles. The van der Waals surface area contributed by atoms with Crippen molar-refractivity contribution in [2.75, 3.05) is 32.1 Å². The number of likely N-dealkylation sites (N-methyl/N-ethyl adjacent to an activating group) is 1. The lowest BCUT2D eigenvalue weighted by Crippen LogP contribution is -3.06. The topological polar surface area (TPSA) is 37.6 Å². The normalized spacial score (nSPS) is 11.5. The molecule has 0 saturated heterocycles. The van der Waals surface area contributed by atoms with Crippen LogP contribution in [0.5, 0.6) is 0 Å². The van der Waals surface area contributed by atoms with Crippen molar-refractivity contribution in [2.45, 2.75) is 13.8 Å². The number of nitrogens with one attached hydrogen (secondary N) is 1. The molecule has 0 aliphatic carbocycles. The number of nitrogens with zero attached hydrogens (tertiary/aromatic N) is 2. The zero-order valence-corrected chi connectivity index (χ0v) is 18.1. The molecule has 1 N–H and O–H groups in total. The number of anilines is 1. The summed E-state index contributed by atoms with van der Waals surface area (Å²) in [6, 6.07) is 18.2. The van der Waals surface area contributed by atoms with Gasteiger partial charge in [-0.15, -0.1) is 0 Å². The fraction of sp³-hybridized carbons (Fsp3) is 0.250. The first-order valence-corrected chi connectivity index (χ1v) is 10.7. The summed E-state index contributed by atoms with van der Waals surface area (Å²) < 4.78 is 1.12. The number of aryl methyl sites for hydroxylation is 2. The van der Waals surface area contributed by atoms with Crippen LogP contribution < -0.4 is 9.80 Å². The Bertz CT molecular complexity index is 1190. The number of carbonyl (C=O) groups is 1. The summed E-state index contributed by atoms with van der Waals surface area (Å²) in [7, 11) is 4.21. The van der Waals surface area contributed by atoms with Gasteiger partial charge in [-0.1, -0.05) is 53.8 Å². The Balaban J connectivity index is 1.81. The number of amides is 1. The van der Waals surface area contributed by atoms with Crippen molar-refractivity contribution >= 4 is 43.4 Å². The third-order valence-corrected chi connectivity index (χ3v) is 6.45. The molecule has 0 bridgehead atoms. The summed E-state index contributed by atoms with van der Waals surface area (Å²) in [5.41, 5.74) is 4.13. The molecule has 0 aliphatic rings. The van der Waals surface area contributed by atoms with Gasteiger partial charge in [-0.05, 0) is 47.9 Å². The molecule has 0 aliphatic heterocycles. The van der Waals surface area contributed by atoms with Gasteiger partial charge >= 0.3 is 0 Å². The molecular formula is C24H26N3OS+. The number of fused-ring (bicyclic) bond motifs is 2. The van der Waals surface area contributed by atoms with Crippen molar-refractivity contribution in [1.29, 1.82) is 0 Å². The lowest BCUT2D eigenvalue weighted by atomic mass is 10.0. The number of thiazole rings is 1. The Morgan fingerprint density at radius 1 is 1.03 bits per heavy atom. The van der Waals surface area contributed by atoms with Gasteiger partial charge in [0.05, 0.1) is 37.4 Å². The predicted molar refractivity (Wildman–Crippen MR) is 122 cm³/mol. The summed E-state index contributed by atoms with van der Waals surface area (Å²) in [5, 5.41) is 2.83. The smallest absolute Gasteiger partial charge is 0.260 e. The van der Waals surface area contributed by atoms with Crippen LogP contribution >= 0.6 is 11.3 Å². The van der Waals surface area contributed by atoms with Crippen molar-refractivity contribution in [3.05, 3.63) is 71.3 Å². The van der Waals surface area contributed by atoms with E-state index >= 15 is 0 Å². The highest BCUT2D eigenvalue weighted by atomic mass is 32.1. The van der Waals surface area contributed by atoms with E-state index in [1.165, 1.54) is 16.0 Å². The Kier molecular flexibility index (Phi) is 5.35. The monoisotopic (exact) mass is 404 g/mol. The fourth-order valence-electron chi connectivity index (χ4n) is 3.51. The number of carbonyl (C=O) groups excluding carboxylic acids is 1. The quantitative estimate of drug-likeness (QED) is 0.549. The van der Waals surface area contributed by atoms with E-state index < -0.39 is 0 Å². The minimum Gasteiger partial charge on any atom is -0.338 e. The molecule has 0 atom stereocenters. The number of hydrogen-bond acceptors (Lipinski definition) is 3. The average molecular weight is 405 g/mol. The molecule has 3 aromatic carbocycles. The Morgan fingerprint density at radius 3 is 2.59 bits per heavy atom. The van der Waals surface area contributed by atoms with Gasteiger partial charge in [0.25, 0.3) is 5.91 Å². The molecule has 0 saturated carbocycles. The maximum absolute atomic E-state index is 13.7. The Morgan fingerprint density at radius 2 is 1.79 bits per heavy atom. The largest absolute Gasteiger partial charge is 0.338 e. The number of hydrogen-bond donors (Lipinski definition) is 1. The zero-order chi connectivity index (χ0) is 20.5. The van der Waals surface area contributed by atoms with Gasteiger partial charge in [0.1, 0.15) is 0 Å². The van der Waals surface area contributed by atoms with Gasteiger partial charge in [0.2, 0.25) is 0 Å². The van der Waals surface area contributed by atoms with Crippen molar-refractivity contribution < 1.29 is 9.69 Å². The van der Waals surface area contributed by atoms with Crippen LogP contribution in [0.25, 0.3) is 21.0 Å². The van der Waals surface area contributed by atoms with Crippen LogP contribution in [-0.4, -0.2) is 38.1 Å². The van der Waals surface area contributed by atoms with Crippen LogP contribution in [0.3, 0.4) is 0 Å². The second-order valence-corrected chi connectivity index (χ2v) is 8.80. The standard InChI is InChI=1S/C24H25N3OS/c1-16-12-13-21-22(17(16)2)25-24(29-21)27(15-14-26(3)4)23(28)20-11-7-9-18-8-5-6-10-19(18)20/h5-13H,14-15H2,1-4H3/p+1. The van der Waals surface area contributed by atoms with E-state index in [4.69, 9.17) is 4.98 Å². The average Bonchev–Trinajstić information content (AvgIpc) is 3.15. The third-order valence-electron chi connectivity index (χ3n) is 5.41. The van der Waals surface area contributed by atoms with E-state index in [9.17, 15) is 4.79 Å². The molecule has 0 unspecified atom stereocenters. The molecular weight excluding hydrogens is 378 g/mol. The SMILES string of the molecule is Cc1ccc2sc(N(CC[NH+](C)C)C(=O)c3cccc4ccccc34)nc2c1C. The molecule has 5 heteroatoms. The molecule has 29 heavy (non-hydrogen) atoms. The summed E-state index contributed by atoms with van der Waals surface area (Å²) >= 11 is 1.59. The van der Waals surface area contributed by atoms with Crippen LogP contribution in [0.1, 0.15) is 21.5 Å². The van der Waals surface area contributed by atoms with Crippen LogP contribution in [-0.2, 0) is 0 Å². The van der Waals surface area contributed by atoms with E-state index in [0.717, 1.165) is 38.2 Å². The number of aromatic nitrogens is 1. The second-order valence-electron chi connectivity index (χ2n) is 7.79. The van der Waals surface area contributed by atoms with Crippen molar-refractivity contribution in [3.8, 4) is 0 Å².